The standard InChI is InChI=1S/C10H12FNS/c11-8-3-1-7(2-4-8)9-5-13-6-10(9)12/h1-4,9-10H,5-6,12H2. The van der Waals surface area contributed by atoms with Crippen LogP contribution in [0.2, 0.25) is 0 Å². The second-order valence-electron chi connectivity index (χ2n) is 3.36. The molecule has 1 aliphatic rings. The Hall–Kier alpha value is -0.540. The maximum atomic E-state index is 12.6. The molecule has 2 N–H and O–H groups in total. The molecular formula is C10H12FNS. The van der Waals surface area contributed by atoms with Gasteiger partial charge in [0.1, 0.15) is 5.82 Å². The van der Waals surface area contributed by atoms with Crippen LogP contribution < -0.4 is 5.73 Å². The highest BCUT2D eigenvalue weighted by molar-refractivity contribution is 7.99. The van der Waals surface area contributed by atoms with Crippen LogP contribution >= 0.6 is 11.8 Å². The highest BCUT2D eigenvalue weighted by atomic mass is 32.2. The number of halogens is 1. The van der Waals surface area contributed by atoms with Crippen LogP contribution in [0.3, 0.4) is 0 Å². The van der Waals surface area contributed by atoms with Crippen LogP contribution in [0.5, 0.6) is 0 Å². The van der Waals surface area contributed by atoms with Crippen LogP contribution in [0.15, 0.2) is 24.3 Å². The fourth-order valence-corrected chi connectivity index (χ4v) is 2.96. The molecule has 0 spiro atoms. The molecule has 1 fully saturated rings. The fourth-order valence-electron chi connectivity index (χ4n) is 1.62. The fraction of sp³-hybridized carbons (Fsp3) is 0.400. The number of benzene rings is 1. The topological polar surface area (TPSA) is 26.0 Å². The van der Waals surface area contributed by atoms with Crippen molar-refractivity contribution in [1.29, 1.82) is 0 Å². The Morgan fingerprint density at radius 3 is 2.46 bits per heavy atom. The van der Waals surface area contributed by atoms with Gasteiger partial charge in [-0.15, -0.1) is 0 Å². The molecule has 0 amide bonds. The maximum Gasteiger partial charge on any atom is 0.123 e. The molecule has 1 heterocycles. The van der Waals surface area contributed by atoms with Crippen molar-refractivity contribution < 1.29 is 4.39 Å². The van der Waals surface area contributed by atoms with Crippen molar-refractivity contribution >= 4 is 11.8 Å². The Balaban J connectivity index is 2.20. The third kappa shape index (κ3) is 1.86. The molecule has 2 unspecified atom stereocenters. The summed E-state index contributed by atoms with van der Waals surface area (Å²) >= 11 is 1.87. The van der Waals surface area contributed by atoms with E-state index >= 15 is 0 Å². The van der Waals surface area contributed by atoms with E-state index in [0.29, 0.717) is 5.92 Å². The van der Waals surface area contributed by atoms with Crippen LogP contribution in [-0.4, -0.2) is 17.5 Å². The zero-order valence-corrected chi connectivity index (χ0v) is 8.06. The molecule has 1 aromatic rings. The molecule has 1 aliphatic heterocycles. The molecular weight excluding hydrogens is 185 g/mol. The van der Waals surface area contributed by atoms with Gasteiger partial charge in [-0.25, -0.2) is 4.39 Å². The second kappa shape index (κ2) is 3.68. The summed E-state index contributed by atoms with van der Waals surface area (Å²) in [5.74, 6) is 2.31. The van der Waals surface area contributed by atoms with Gasteiger partial charge in [-0.05, 0) is 17.7 Å². The first kappa shape index (κ1) is 9.03. The van der Waals surface area contributed by atoms with Crippen molar-refractivity contribution in [1.82, 2.24) is 0 Å². The van der Waals surface area contributed by atoms with Crippen LogP contribution in [0.4, 0.5) is 4.39 Å². The third-order valence-electron chi connectivity index (χ3n) is 2.42. The van der Waals surface area contributed by atoms with E-state index in [9.17, 15) is 4.39 Å². The van der Waals surface area contributed by atoms with Crippen molar-refractivity contribution in [3.63, 3.8) is 0 Å². The van der Waals surface area contributed by atoms with E-state index < -0.39 is 0 Å². The molecule has 1 aromatic carbocycles. The zero-order chi connectivity index (χ0) is 9.26. The summed E-state index contributed by atoms with van der Waals surface area (Å²) in [5, 5.41) is 0. The van der Waals surface area contributed by atoms with Crippen molar-refractivity contribution in [2.24, 2.45) is 5.73 Å². The van der Waals surface area contributed by atoms with Crippen LogP contribution in [0, 0.1) is 5.82 Å². The molecule has 2 rings (SSSR count). The molecule has 1 saturated heterocycles. The van der Waals surface area contributed by atoms with Gasteiger partial charge < -0.3 is 5.73 Å². The molecule has 2 atom stereocenters. The number of hydrogen-bond acceptors (Lipinski definition) is 2. The Morgan fingerprint density at radius 2 is 1.92 bits per heavy atom. The minimum absolute atomic E-state index is 0.178. The summed E-state index contributed by atoms with van der Waals surface area (Å²) in [5.41, 5.74) is 7.10. The third-order valence-corrected chi connectivity index (χ3v) is 3.64. The van der Waals surface area contributed by atoms with Gasteiger partial charge in [-0.1, -0.05) is 12.1 Å². The first-order chi connectivity index (χ1) is 6.27. The zero-order valence-electron chi connectivity index (χ0n) is 7.24. The van der Waals surface area contributed by atoms with Gasteiger partial charge in [-0.3, -0.25) is 0 Å². The first-order valence-corrected chi connectivity index (χ1v) is 5.51. The monoisotopic (exact) mass is 197 g/mol. The highest BCUT2D eigenvalue weighted by Crippen LogP contribution is 2.31. The molecule has 0 radical (unpaired) electrons. The van der Waals surface area contributed by atoms with E-state index in [1.807, 2.05) is 23.9 Å². The average Bonchev–Trinajstić information content (AvgIpc) is 2.53. The van der Waals surface area contributed by atoms with Crippen molar-refractivity contribution in [2.75, 3.05) is 11.5 Å². The summed E-state index contributed by atoms with van der Waals surface area (Å²) in [6, 6.07) is 6.92. The number of hydrogen-bond donors (Lipinski definition) is 1. The lowest BCUT2D eigenvalue weighted by atomic mass is 9.95. The lowest BCUT2D eigenvalue weighted by Gasteiger charge is -2.14. The van der Waals surface area contributed by atoms with E-state index in [2.05, 4.69) is 0 Å². The largest absolute Gasteiger partial charge is 0.326 e. The van der Waals surface area contributed by atoms with Crippen LogP contribution in [0.25, 0.3) is 0 Å². The second-order valence-corrected chi connectivity index (χ2v) is 4.43. The molecule has 0 aromatic heterocycles. The summed E-state index contributed by atoms with van der Waals surface area (Å²) in [6.45, 7) is 0. The quantitative estimate of drug-likeness (QED) is 0.745. The van der Waals surface area contributed by atoms with Gasteiger partial charge in [0.15, 0.2) is 0 Å². The minimum Gasteiger partial charge on any atom is -0.326 e. The normalized spacial score (nSPS) is 27.8. The smallest absolute Gasteiger partial charge is 0.123 e. The first-order valence-electron chi connectivity index (χ1n) is 4.36. The van der Waals surface area contributed by atoms with E-state index in [1.165, 1.54) is 17.7 Å². The van der Waals surface area contributed by atoms with Crippen molar-refractivity contribution in [3.05, 3.63) is 35.6 Å². The summed E-state index contributed by atoms with van der Waals surface area (Å²) in [6.07, 6.45) is 0. The van der Waals surface area contributed by atoms with Crippen molar-refractivity contribution in [3.8, 4) is 0 Å². The predicted octanol–water partition coefficient (Wildman–Crippen LogP) is 1.98. The average molecular weight is 197 g/mol. The molecule has 0 bridgehead atoms. The Labute approximate surface area is 81.5 Å². The van der Waals surface area contributed by atoms with E-state index in [4.69, 9.17) is 5.73 Å². The van der Waals surface area contributed by atoms with Gasteiger partial charge in [0.05, 0.1) is 0 Å². The Morgan fingerprint density at radius 1 is 1.23 bits per heavy atom. The van der Waals surface area contributed by atoms with Gasteiger partial charge in [-0.2, -0.15) is 11.8 Å². The van der Waals surface area contributed by atoms with E-state index in [1.54, 1.807) is 0 Å². The summed E-state index contributed by atoms with van der Waals surface area (Å²) < 4.78 is 12.6. The number of thioether (sulfide) groups is 1. The van der Waals surface area contributed by atoms with Gasteiger partial charge in [0.2, 0.25) is 0 Å². The van der Waals surface area contributed by atoms with Gasteiger partial charge in [0.25, 0.3) is 0 Å². The molecule has 3 heteroatoms. The maximum absolute atomic E-state index is 12.6. The van der Waals surface area contributed by atoms with Crippen LogP contribution in [-0.2, 0) is 0 Å². The highest BCUT2D eigenvalue weighted by Gasteiger charge is 2.25. The minimum atomic E-state index is -0.178. The van der Waals surface area contributed by atoms with Gasteiger partial charge >= 0.3 is 0 Å². The molecule has 70 valence electrons. The molecule has 0 aliphatic carbocycles. The van der Waals surface area contributed by atoms with Crippen LogP contribution in [0.1, 0.15) is 11.5 Å². The molecule has 1 nitrogen and oxygen atoms in total. The SMILES string of the molecule is NC1CSCC1c1ccc(F)cc1. The number of rotatable bonds is 1. The number of nitrogens with two attached hydrogens (primary N) is 1. The van der Waals surface area contributed by atoms with Crippen molar-refractivity contribution in [2.45, 2.75) is 12.0 Å². The lowest BCUT2D eigenvalue weighted by Crippen LogP contribution is -2.26. The Kier molecular flexibility index (Phi) is 2.56. The summed E-state index contributed by atoms with van der Waals surface area (Å²) in [4.78, 5) is 0. The van der Waals surface area contributed by atoms with E-state index in [0.717, 1.165) is 11.5 Å². The van der Waals surface area contributed by atoms with Gasteiger partial charge in [0, 0.05) is 23.5 Å². The Bertz CT molecular complexity index is 285. The lowest BCUT2D eigenvalue weighted by molar-refractivity contribution is 0.620. The molecule has 0 saturated carbocycles. The van der Waals surface area contributed by atoms with E-state index in [-0.39, 0.29) is 11.9 Å². The predicted molar refractivity (Wildman–Crippen MR) is 54.4 cm³/mol. The summed E-state index contributed by atoms with van der Waals surface area (Å²) in [7, 11) is 0. The molecule has 13 heavy (non-hydrogen) atoms.